The molecule has 2 aromatic rings. The van der Waals surface area contributed by atoms with Crippen molar-refractivity contribution in [3.8, 4) is 0 Å². The summed E-state index contributed by atoms with van der Waals surface area (Å²) >= 11 is 3.63. The van der Waals surface area contributed by atoms with Gasteiger partial charge in [-0.1, -0.05) is 6.92 Å². The highest BCUT2D eigenvalue weighted by atomic mass is 79.9. The Kier molecular flexibility index (Phi) is 4.55. The molecule has 0 aliphatic carbocycles. The van der Waals surface area contributed by atoms with Gasteiger partial charge in [-0.05, 0) is 47.8 Å². The fraction of sp³-hybridized carbons (Fsp3) is 0.500. The van der Waals surface area contributed by atoms with Crippen molar-refractivity contribution in [1.82, 2.24) is 20.0 Å². The molecule has 108 valence electrons. The van der Waals surface area contributed by atoms with Crippen LogP contribution >= 0.6 is 15.9 Å². The summed E-state index contributed by atoms with van der Waals surface area (Å²) in [5.41, 5.74) is 11.4. The highest BCUT2D eigenvalue weighted by Crippen LogP contribution is 2.26. The van der Waals surface area contributed by atoms with E-state index in [1.807, 2.05) is 31.6 Å². The van der Waals surface area contributed by atoms with Crippen LogP contribution in [0, 0.1) is 13.8 Å². The molecule has 0 amide bonds. The fourth-order valence-corrected chi connectivity index (χ4v) is 3.08. The molecule has 2 rings (SSSR count). The second-order valence-electron chi connectivity index (χ2n) is 5.02. The van der Waals surface area contributed by atoms with E-state index in [1.54, 1.807) is 0 Å². The Hall–Kier alpha value is -1.27. The van der Waals surface area contributed by atoms with Crippen LogP contribution in [0.25, 0.3) is 0 Å². The molecule has 0 saturated heterocycles. The monoisotopic (exact) mass is 337 g/mol. The Bertz CT molecular complexity index is 620. The lowest BCUT2D eigenvalue weighted by molar-refractivity contribution is 0.629. The van der Waals surface area contributed by atoms with E-state index >= 15 is 0 Å². The van der Waals surface area contributed by atoms with Gasteiger partial charge in [0.15, 0.2) is 0 Å². The van der Waals surface area contributed by atoms with Gasteiger partial charge in [0.2, 0.25) is 0 Å². The molecule has 2 N–H and O–H groups in total. The topological polar surface area (TPSA) is 69.6 Å². The Morgan fingerprint density at radius 2 is 2.05 bits per heavy atom. The fourth-order valence-electron chi connectivity index (χ4n) is 2.31. The van der Waals surface area contributed by atoms with E-state index in [4.69, 9.17) is 5.73 Å². The van der Waals surface area contributed by atoms with Gasteiger partial charge >= 0.3 is 0 Å². The largest absolute Gasteiger partial charge is 0.324 e. The first-order valence-corrected chi connectivity index (χ1v) is 7.50. The molecule has 2 aromatic heterocycles. The SMILES string of the molecule is CCc1nn(C)c(CC(N)c2cc(C)nnc2C)c1Br. The Balaban J connectivity index is 2.30. The number of nitrogens with two attached hydrogens (primary N) is 1. The molecule has 6 heteroatoms. The maximum atomic E-state index is 6.36. The molecule has 2 heterocycles. The van der Waals surface area contributed by atoms with E-state index in [0.29, 0.717) is 0 Å². The standard InChI is InChI=1S/C14H20BrN5/c1-5-12-14(15)13(20(4)19-12)7-11(16)10-6-8(2)17-18-9(10)3/h6,11H,5,7,16H2,1-4H3. The van der Waals surface area contributed by atoms with Crippen LogP contribution in [0.15, 0.2) is 10.5 Å². The van der Waals surface area contributed by atoms with Gasteiger partial charge in [0.25, 0.3) is 0 Å². The lowest BCUT2D eigenvalue weighted by Gasteiger charge is -2.14. The van der Waals surface area contributed by atoms with Crippen LogP contribution in [0.5, 0.6) is 0 Å². The van der Waals surface area contributed by atoms with Crippen molar-refractivity contribution >= 4 is 15.9 Å². The summed E-state index contributed by atoms with van der Waals surface area (Å²) < 4.78 is 2.97. The van der Waals surface area contributed by atoms with Crippen molar-refractivity contribution in [2.75, 3.05) is 0 Å². The first-order valence-electron chi connectivity index (χ1n) is 6.70. The number of aromatic nitrogens is 4. The smallest absolute Gasteiger partial charge is 0.0766 e. The lowest BCUT2D eigenvalue weighted by Crippen LogP contribution is -2.18. The molecule has 0 bridgehead atoms. The quantitative estimate of drug-likeness (QED) is 0.929. The molecule has 5 nitrogen and oxygen atoms in total. The van der Waals surface area contributed by atoms with Crippen molar-refractivity contribution in [3.63, 3.8) is 0 Å². The third-order valence-electron chi connectivity index (χ3n) is 3.46. The number of rotatable bonds is 4. The average molecular weight is 338 g/mol. The summed E-state index contributed by atoms with van der Waals surface area (Å²) in [5, 5.41) is 12.7. The molecule has 1 unspecified atom stereocenters. The summed E-state index contributed by atoms with van der Waals surface area (Å²) in [4.78, 5) is 0. The molecule has 0 aliphatic heterocycles. The molecular formula is C14H20BrN5. The number of aryl methyl sites for hydroxylation is 4. The molecule has 0 spiro atoms. The minimum Gasteiger partial charge on any atom is -0.324 e. The highest BCUT2D eigenvalue weighted by Gasteiger charge is 2.18. The van der Waals surface area contributed by atoms with Crippen LogP contribution in [0.3, 0.4) is 0 Å². The predicted octanol–water partition coefficient (Wildman–Crippen LogP) is 2.39. The van der Waals surface area contributed by atoms with Crippen LogP contribution in [0.1, 0.15) is 41.3 Å². The first-order chi connectivity index (χ1) is 9.43. The molecular weight excluding hydrogens is 318 g/mol. The zero-order valence-electron chi connectivity index (χ0n) is 12.3. The zero-order valence-corrected chi connectivity index (χ0v) is 13.9. The number of hydrogen-bond acceptors (Lipinski definition) is 4. The first kappa shape index (κ1) is 15.1. The van der Waals surface area contributed by atoms with Crippen molar-refractivity contribution in [2.24, 2.45) is 12.8 Å². The van der Waals surface area contributed by atoms with Crippen molar-refractivity contribution < 1.29 is 0 Å². The van der Waals surface area contributed by atoms with Crippen molar-refractivity contribution in [3.05, 3.63) is 38.9 Å². The Morgan fingerprint density at radius 3 is 2.65 bits per heavy atom. The van der Waals surface area contributed by atoms with E-state index in [9.17, 15) is 0 Å². The van der Waals surface area contributed by atoms with Gasteiger partial charge in [-0.2, -0.15) is 15.3 Å². The van der Waals surface area contributed by atoms with Gasteiger partial charge in [0.05, 0.1) is 27.2 Å². The van der Waals surface area contributed by atoms with Crippen LogP contribution in [-0.2, 0) is 19.9 Å². The Labute approximate surface area is 127 Å². The second-order valence-corrected chi connectivity index (χ2v) is 5.81. The van der Waals surface area contributed by atoms with Crippen LogP contribution < -0.4 is 5.73 Å². The van der Waals surface area contributed by atoms with E-state index in [-0.39, 0.29) is 6.04 Å². The third-order valence-corrected chi connectivity index (χ3v) is 4.37. The molecule has 0 fully saturated rings. The lowest BCUT2D eigenvalue weighted by atomic mass is 10.0. The highest BCUT2D eigenvalue weighted by molar-refractivity contribution is 9.10. The van der Waals surface area contributed by atoms with E-state index in [0.717, 1.165) is 45.7 Å². The Morgan fingerprint density at radius 1 is 1.35 bits per heavy atom. The van der Waals surface area contributed by atoms with Gasteiger partial charge in [0.1, 0.15) is 0 Å². The molecule has 20 heavy (non-hydrogen) atoms. The molecule has 1 atom stereocenters. The van der Waals surface area contributed by atoms with Gasteiger partial charge in [-0.3, -0.25) is 4.68 Å². The van der Waals surface area contributed by atoms with Crippen molar-refractivity contribution in [1.29, 1.82) is 0 Å². The van der Waals surface area contributed by atoms with E-state index in [1.165, 1.54) is 0 Å². The molecule has 0 radical (unpaired) electrons. The minimum absolute atomic E-state index is 0.111. The maximum absolute atomic E-state index is 6.36. The molecule has 0 aromatic carbocycles. The van der Waals surface area contributed by atoms with Crippen LogP contribution in [0.2, 0.25) is 0 Å². The number of nitrogens with zero attached hydrogens (tertiary/aromatic N) is 4. The van der Waals surface area contributed by atoms with Gasteiger partial charge in [-0.25, -0.2) is 0 Å². The summed E-state index contributed by atoms with van der Waals surface area (Å²) in [7, 11) is 1.95. The van der Waals surface area contributed by atoms with Gasteiger partial charge in [0, 0.05) is 19.5 Å². The maximum Gasteiger partial charge on any atom is 0.0766 e. The number of halogens is 1. The third kappa shape index (κ3) is 2.91. The second kappa shape index (κ2) is 6.01. The summed E-state index contributed by atoms with van der Waals surface area (Å²) in [6, 6.07) is 1.90. The summed E-state index contributed by atoms with van der Waals surface area (Å²) in [5.74, 6) is 0. The van der Waals surface area contributed by atoms with Crippen LogP contribution in [-0.4, -0.2) is 20.0 Å². The van der Waals surface area contributed by atoms with Gasteiger partial charge in [-0.15, -0.1) is 0 Å². The van der Waals surface area contributed by atoms with Crippen molar-refractivity contribution in [2.45, 2.75) is 39.7 Å². The zero-order chi connectivity index (χ0) is 14.9. The number of hydrogen-bond donors (Lipinski definition) is 1. The van der Waals surface area contributed by atoms with Gasteiger partial charge < -0.3 is 5.73 Å². The predicted molar refractivity (Wildman–Crippen MR) is 82.4 cm³/mol. The van der Waals surface area contributed by atoms with Crippen LogP contribution in [0.4, 0.5) is 0 Å². The molecule has 0 aliphatic rings. The van der Waals surface area contributed by atoms with E-state index < -0.39 is 0 Å². The summed E-state index contributed by atoms with van der Waals surface area (Å²) in [6.07, 6.45) is 1.62. The normalized spacial score (nSPS) is 12.7. The summed E-state index contributed by atoms with van der Waals surface area (Å²) in [6.45, 7) is 5.96. The van der Waals surface area contributed by atoms with E-state index in [2.05, 4.69) is 38.1 Å². The average Bonchev–Trinajstić information content (AvgIpc) is 2.68. The minimum atomic E-state index is -0.111. The molecule has 0 saturated carbocycles.